The molecule has 1 amide bonds. The van der Waals surface area contributed by atoms with E-state index in [1.807, 2.05) is 41.3 Å². The first kappa shape index (κ1) is 17.4. The summed E-state index contributed by atoms with van der Waals surface area (Å²) in [6.07, 6.45) is 4.18. The fourth-order valence-corrected chi connectivity index (χ4v) is 3.15. The van der Waals surface area contributed by atoms with E-state index in [9.17, 15) is 4.79 Å². The van der Waals surface area contributed by atoms with Crippen LogP contribution in [0.5, 0.6) is 11.5 Å². The zero-order chi connectivity index (χ0) is 17.8. The third-order valence-electron chi connectivity index (χ3n) is 4.30. The molecular formula is C20H20ClNO3. The predicted molar refractivity (Wildman–Crippen MR) is 99.2 cm³/mol. The minimum absolute atomic E-state index is 0.0135. The lowest BCUT2D eigenvalue weighted by Gasteiger charge is -2.28. The highest BCUT2D eigenvalue weighted by molar-refractivity contribution is 6.30. The summed E-state index contributed by atoms with van der Waals surface area (Å²) in [5.41, 5.74) is 3.19. The summed E-state index contributed by atoms with van der Waals surface area (Å²) in [6.45, 7) is 1.25. The Morgan fingerprint density at radius 2 is 1.84 bits per heavy atom. The molecule has 2 aromatic rings. The Hall–Kier alpha value is -2.46. The van der Waals surface area contributed by atoms with Crippen molar-refractivity contribution in [3.63, 3.8) is 0 Å². The van der Waals surface area contributed by atoms with E-state index < -0.39 is 0 Å². The van der Waals surface area contributed by atoms with Gasteiger partial charge in [0, 0.05) is 24.2 Å². The number of ether oxygens (including phenoxy) is 2. The van der Waals surface area contributed by atoms with Crippen molar-refractivity contribution in [3.8, 4) is 11.5 Å². The fourth-order valence-electron chi connectivity index (χ4n) is 2.95. The lowest BCUT2D eigenvalue weighted by Crippen LogP contribution is -2.34. The molecule has 0 unspecified atom stereocenters. The summed E-state index contributed by atoms with van der Waals surface area (Å²) in [5.74, 6) is 1.40. The van der Waals surface area contributed by atoms with Gasteiger partial charge in [-0.3, -0.25) is 4.79 Å². The van der Waals surface area contributed by atoms with Crippen LogP contribution in [0.4, 0.5) is 0 Å². The van der Waals surface area contributed by atoms with E-state index in [1.54, 1.807) is 26.4 Å². The van der Waals surface area contributed by atoms with E-state index in [1.165, 1.54) is 5.56 Å². The van der Waals surface area contributed by atoms with Gasteiger partial charge in [0.15, 0.2) is 11.5 Å². The SMILES string of the molecule is COc1cc2c(cc1OC)CN(C(=O)C=Cc1cccc(Cl)c1)CC2. The molecule has 1 aliphatic heterocycles. The molecule has 0 atom stereocenters. The zero-order valence-corrected chi connectivity index (χ0v) is 15.0. The van der Waals surface area contributed by atoms with Gasteiger partial charge in [0.2, 0.25) is 5.91 Å². The Bertz CT molecular complexity index is 817. The number of halogens is 1. The minimum Gasteiger partial charge on any atom is -0.493 e. The number of fused-ring (bicyclic) bond motifs is 1. The average Bonchev–Trinajstić information content (AvgIpc) is 2.64. The standard InChI is InChI=1S/C20H20ClNO3/c1-24-18-11-15-8-9-22(13-16(15)12-19(18)25-2)20(23)7-6-14-4-3-5-17(21)10-14/h3-7,10-12H,8-9,13H2,1-2H3. The number of carbonyl (C=O) groups excluding carboxylic acids is 1. The molecular weight excluding hydrogens is 338 g/mol. The first-order chi connectivity index (χ1) is 12.1. The molecule has 1 heterocycles. The number of rotatable bonds is 4. The van der Waals surface area contributed by atoms with Crippen LogP contribution in [0, 0.1) is 0 Å². The van der Waals surface area contributed by atoms with Crippen LogP contribution in [-0.4, -0.2) is 31.6 Å². The monoisotopic (exact) mass is 357 g/mol. The lowest BCUT2D eigenvalue weighted by molar-refractivity contribution is -0.126. The molecule has 0 radical (unpaired) electrons. The van der Waals surface area contributed by atoms with Gasteiger partial charge in [-0.2, -0.15) is 0 Å². The zero-order valence-electron chi connectivity index (χ0n) is 14.3. The molecule has 25 heavy (non-hydrogen) atoms. The maximum absolute atomic E-state index is 12.5. The van der Waals surface area contributed by atoms with Crippen LogP contribution in [0.3, 0.4) is 0 Å². The Balaban J connectivity index is 1.74. The van der Waals surface area contributed by atoms with Gasteiger partial charge in [0.25, 0.3) is 0 Å². The summed E-state index contributed by atoms with van der Waals surface area (Å²) < 4.78 is 10.7. The van der Waals surface area contributed by atoms with Gasteiger partial charge in [0.05, 0.1) is 14.2 Å². The Labute approximate surface area is 152 Å². The van der Waals surface area contributed by atoms with Crippen LogP contribution < -0.4 is 9.47 Å². The van der Waals surface area contributed by atoms with E-state index >= 15 is 0 Å². The second-order valence-electron chi connectivity index (χ2n) is 5.87. The first-order valence-electron chi connectivity index (χ1n) is 8.07. The normalized spacial score (nSPS) is 13.6. The molecule has 2 aromatic carbocycles. The number of amides is 1. The molecule has 0 N–H and O–H groups in total. The molecule has 130 valence electrons. The van der Waals surface area contributed by atoms with Crippen LogP contribution in [-0.2, 0) is 17.8 Å². The highest BCUT2D eigenvalue weighted by Crippen LogP contribution is 2.33. The van der Waals surface area contributed by atoms with Gasteiger partial charge >= 0.3 is 0 Å². The van der Waals surface area contributed by atoms with Gasteiger partial charge < -0.3 is 14.4 Å². The van der Waals surface area contributed by atoms with Gasteiger partial charge in [-0.05, 0) is 53.5 Å². The number of nitrogens with zero attached hydrogens (tertiary/aromatic N) is 1. The van der Waals surface area contributed by atoms with Gasteiger partial charge in [0.1, 0.15) is 0 Å². The van der Waals surface area contributed by atoms with E-state index in [0.29, 0.717) is 23.9 Å². The molecule has 0 saturated carbocycles. The van der Waals surface area contributed by atoms with E-state index in [0.717, 1.165) is 23.3 Å². The number of hydrogen-bond donors (Lipinski definition) is 0. The first-order valence-corrected chi connectivity index (χ1v) is 8.45. The van der Waals surface area contributed by atoms with Crippen molar-refractivity contribution in [1.82, 2.24) is 4.90 Å². The highest BCUT2D eigenvalue weighted by atomic mass is 35.5. The summed E-state index contributed by atoms with van der Waals surface area (Å²) >= 11 is 5.97. The van der Waals surface area contributed by atoms with Gasteiger partial charge in [-0.15, -0.1) is 0 Å². The quantitative estimate of drug-likeness (QED) is 0.777. The van der Waals surface area contributed by atoms with E-state index in [4.69, 9.17) is 21.1 Å². The van der Waals surface area contributed by atoms with Crippen molar-refractivity contribution in [1.29, 1.82) is 0 Å². The molecule has 0 bridgehead atoms. The van der Waals surface area contributed by atoms with Gasteiger partial charge in [-0.25, -0.2) is 0 Å². The molecule has 5 heteroatoms. The van der Waals surface area contributed by atoms with Crippen molar-refractivity contribution in [2.45, 2.75) is 13.0 Å². The van der Waals surface area contributed by atoms with E-state index in [2.05, 4.69) is 0 Å². The van der Waals surface area contributed by atoms with E-state index in [-0.39, 0.29) is 5.91 Å². The third-order valence-corrected chi connectivity index (χ3v) is 4.53. The number of carbonyl (C=O) groups is 1. The summed E-state index contributed by atoms with van der Waals surface area (Å²) in [6, 6.07) is 11.4. The summed E-state index contributed by atoms with van der Waals surface area (Å²) in [7, 11) is 3.24. The fraction of sp³-hybridized carbons (Fsp3) is 0.250. The number of hydrogen-bond acceptors (Lipinski definition) is 3. The molecule has 0 aliphatic carbocycles. The number of methoxy groups -OCH3 is 2. The summed E-state index contributed by atoms with van der Waals surface area (Å²) in [5, 5.41) is 0.655. The van der Waals surface area contributed by atoms with Crippen LogP contribution in [0.2, 0.25) is 5.02 Å². The van der Waals surface area contributed by atoms with Crippen molar-refractivity contribution >= 4 is 23.6 Å². The van der Waals surface area contributed by atoms with Crippen LogP contribution in [0.1, 0.15) is 16.7 Å². The maximum atomic E-state index is 12.5. The van der Waals surface area contributed by atoms with Crippen LogP contribution in [0.25, 0.3) is 6.08 Å². The molecule has 0 fully saturated rings. The Morgan fingerprint density at radius 3 is 2.52 bits per heavy atom. The van der Waals surface area contributed by atoms with Crippen molar-refractivity contribution in [2.75, 3.05) is 20.8 Å². The molecule has 3 rings (SSSR count). The van der Waals surface area contributed by atoms with Crippen LogP contribution >= 0.6 is 11.6 Å². The molecule has 4 nitrogen and oxygen atoms in total. The molecule has 0 aromatic heterocycles. The third kappa shape index (κ3) is 3.97. The topological polar surface area (TPSA) is 38.8 Å². The number of benzene rings is 2. The molecule has 0 saturated heterocycles. The Morgan fingerprint density at radius 1 is 1.12 bits per heavy atom. The van der Waals surface area contributed by atoms with Crippen molar-refractivity contribution < 1.29 is 14.3 Å². The van der Waals surface area contributed by atoms with Crippen molar-refractivity contribution in [2.24, 2.45) is 0 Å². The maximum Gasteiger partial charge on any atom is 0.246 e. The lowest BCUT2D eigenvalue weighted by atomic mass is 9.98. The smallest absolute Gasteiger partial charge is 0.246 e. The van der Waals surface area contributed by atoms with Crippen molar-refractivity contribution in [3.05, 3.63) is 64.2 Å². The average molecular weight is 358 g/mol. The minimum atomic E-state index is -0.0135. The molecule has 1 aliphatic rings. The Kier molecular flexibility index (Phi) is 5.29. The largest absolute Gasteiger partial charge is 0.493 e. The van der Waals surface area contributed by atoms with Gasteiger partial charge in [-0.1, -0.05) is 23.7 Å². The second-order valence-corrected chi connectivity index (χ2v) is 6.31. The summed E-state index contributed by atoms with van der Waals surface area (Å²) in [4.78, 5) is 14.3. The molecule has 0 spiro atoms. The highest BCUT2D eigenvalue weighted by Gasteiger charge is 2.21. The van der Waals surface area contributed by atoms with Crippen LogP contribution in [0.15, 0.2) is 42.5 Å². The predicted octanol–water partition coefficient (Wildman–Crippen LogP) is 3.96. The second kappa shape index (κ2) is 7.62.